The number of hydrogen-bond donors (Lipinski definition) is 1. The molecule has 0 spiro atoms. The van der Waals surface area contributed by atoms with E-state index in [1.54, 1.807) is 0 Å². The topological polar surface area (TPSA) is 12.0 Å². The summed E-state index contributed by atoms with van der Waals surface area (Å²) in [6.07, 6.45) is 6.68. The Morgan fingerprint density at radius 1 is 1.17 bits per heavy atom. The fraction of sp³-hybridized carbons (Fsp3) is 0.647. The van der Waals surface area contributed by atoms with Crippen LogP contribution in [0.3, 0.4) is 0 Å². The Bertz CT molecular complexity index is 354. The Labute approximate surface area is 112 Å². The molecule has 1 saturated carbocycles. The first-order valence-corrected chi connectivity index (χ1v) is 7.57. The molecule has 1 aromatic rings. The van der Waals surface area contributed by atoms with Crippen LogP contribution in [-0.2, 0) is 0 Å². The van der Waals surface area contributed by atoms with Crippen LogP contribution in [0.5, 0.6) is 0 Å². The van der Waals surface area contributed by atoms with Crippen LogP contribution in [0, 0.1) is 12.8 Å². The Balaban J connectivity index is 2.02. The Kier molecular flexibility index (Phi) is 4.82. The third-order valence-electron chi connectivity index (χ3n) is 4.49. The Morgan fingerprint density at radius 2 is 1.89 bits per heavy atom. The predicted molar refractivity (Wildman–Crippen MR) is 78.8 cm³/mol. The lowest BCUT2D eigenvalue weighted by molar-refractivity contribution is 0.345. The van der Waals surface area contributed by atoms with Gasteiger partial charge in [0.1, 0.15) is 0 Å². The summed E-state index contributed by atoms with van der Waals surface area (Å²) in [6, 6.07) is 10.3. The van der Waals surface area contributed by atoms with Crippen LogP contribution in [0.2, 0.25) is 0 Å². The van der Waals surface area contributed by atoms with Crippen molar-refractivity contribution in [1.82, 2.24) is 5.32 Å². The highest BCUT2D eigenvalue weighted by molar-refractivity contribution is 5.24. The molecule has 1 nitrogen and oxygen atoms in total. The summed E-state index contributed by atoms with van der Waals surface area (Å²) < 4.78 is 0. The molecule has 1 fully saturated rings. The molecule has 1 aliphatic rings. The molecule has 0 amide bonds. The summed E-state index contributed by atoms with van der Waals surface area (Å²) in [5.41, 5.74) is 2.80. The number of benzene rings is 1. The smallest absolute Gasteiger partial charge is 0.0320 e. The van der Waals surface area contributed by atoms with Gasteiger partial charge in [0.05, 0.1) is 0 Å². The zero-order valence-corrected chi connectivity index (χ0v) is 12.1. The third-order valence-corrected chi connectivity index (χ3v) is 4.49. The lowest BCUT2D eigenvalue weighted by Crippen LogP contribution is -2.35. The van der Waals surface area contributed by atoms with Gasteiger partial charge in [0.15, 0.2) is 0 Å². The number of rotatable bonds is 5. The van der Waals surface area contributed by atoms with Crippen molar-refractivity contribution in [2.24, 2.45) is 5.92 Å². The first-order chi connectivity index (χ1) is 8.74. The van der Waals surface area contributed by atoms with Crippen molar-refractivity contribution in [2.75, 3.05) is 0 Å². The number of hydrogen-bond acceptors (Lipinski definition) is 1. The summed E-state index contributed by atoms with van der Waals surface area (Å²) in [5.74, 6) is 0.893. The van der Waals surface area contributed by atoms with Crippen LogP contribution >= 0.6 is 0 Å². The second kappa shape index (κ2) is 6.38. The SMILES string of the molecule is CCC(NC1CCCC1CC)c1ccc(C)cc1. The largest absolute Gasteiger partial charge is 0.307 e. The fourth-order valence-corrected chi connectivity index (χ4v) is 3.25. The van der Waals surface area contributed by atoms with E-state index >= 15 is 0 Å². The monoisotopic (exact) mass is 245 g/mol. The minimum absolute atomic E-state index is 0.530. The van der Waals surface area contributed by atoms with Crippen molar-refractivity contribution in [1.29, 1.82) is 0 Å². The van der Waals surface area contributed by atoms with Crippen molar-refractivity contribution < 1.29 is 0 Å². The van der Waals surface area contributed by atoms with Gasteiger partial charge in [-0.1, -0.05) is 56.5 Å². The summed E-state index contributed by atoms with van der Waals surface area (Å²) in [5, 5.41) is 3.90. The molecule has 1 aliphatic carbocycles. The first kappa shape index (κ1) is 13.6. The predicted octanol–water partition coefficient (Wildman–Crippen LogP) is 4.61. The van der Waals surface area contributed by atoms with E-state index < -0.39 is 0 Å². The number of aryl methyl sites for hydroxylation is 1. The van der Waals surface area contributed by atoms with Gasteiger partial charge in [0.25, 0.3) is 0 Å². The van der Waals surface area contributed by atoms with Crippen LogP contribution in [-0.4, -0.2) is 6.04 Å². The van der Waals surface area contributed by atoms with E-state index in [2.05, 4.69) is 50.4 Å². The molecule has 1 heteroatoms. The van der Waals surface area contributed by atoms with Gasteiger partial charge >= 0.3 is 0 Å². The van der Waals surface area contributed by atoms with Crippen LogP contribution in [0.25, 0.3) is 0 Å². The highest BCUT2D eigenvalue weighted by atomic mass is 15.0. The van der Waals surface area contributed by atoms with Crippen molar-refractivity contribution in [3.8, 4) is 0 Å². The third kappa shape index (κ3) is 3.14. The molecule has 100 valence electrons. The van der Waals surface area contributed by atoms with Crippen LogP contribution in [0.15, 0.2) is 24.3 Å². The molecule has 2 rings (SSSR count). The molecule has 3 atom stereocenters. The summed E-state index contributed by atoms with van der Waals surface area (Å²) >= 11 is 0. The minimum Gasteiger partial charge on any atom is -0.307 e. The highest BCUT2D eigenvalue weighted by Gasteiger charge is 2.27. The van der Waals surface area contributed by atoms with Gasteiger partial charge in [-0.25, -0.2) is 0 Å². The summed E-state index contributed by atoms with van der Waals surface area (Å²) in [6.45, 7) is 6.77. The van der Waals surface area contributed by atoms with Crippen LogP contribution in [0.4, 0.5) is 0 Å². The van der Waals surface area contributed by atoms with Gasteiger partial charge in [-0.3, -0.25) is 0 Å². The molecule has 1 N–H and O–H groups in total. The number of nitrogens with one attached hydrogen (secondary N) is 1. The van der Waals surface area contributed by atoms with Crippen molar-refractivity contribution in [3.63, 3.8) is 0 Å². The summed E-state index contributed by atoms with van der Waals surface area (Å²) in [7, 11) is 0. The molecule has 0 aromatic heterocycles. The fourth-order valence-electron chi connectivity index (χ4n) is 3.25. The average Bonchev–Trinajstić information content (AvgIpc) is 2.84. The normalized spacial score (nSPS) is 25.3. The van der Waals surface area contributed by atoms with Gasteiger partial charge in [0, 0.05) is 12.1 Å². The second-order valence-electron chi connectivity index (χ2n) is 5.74. The molecule has 0 aliphatic heterocycles. The van der Waals surface area contributed by atoms with E-state index in [-0.39, 0.29) is 0 Å². The Hall–Kier alpha value is -0.820. The van der Waals surface area contributed by atoms with E-state index in [0.717, 1.165) is 12.0 Å². The average molecular weight is 245 g/mol. The molecular formula is C17H27N. The molecule has 3 unspecified atom stereocenters. The molecular weight excluding hydrogens is 218 g/mol. The highest BCUT2D eigenvalue weighted by Crippen LogP contribution is 2.30. The van der Waals surface area contributed by atoms with Crippen molar-refractivity contribution in [3.05, 3.63) is 35.4 Å². The second-order valence-corrected chi connectivity index (χ2v) is 5.74. The van der Waals surface area contributed by atoms with E-state index in [0.29, 0.717) is 6.04 Å². The maximum Gasteiger partial charge on any atom is 0.0320 e. The maximum atomic E-state index is 3.90. The molecule has 0 radical (unpaired) electrons. The van der Waals surface area contributed by atoms with Crippen molar-refractivity contribution in [2.45, 2.75) is 65.0 Å². The molecule has 18 heavy (non-hydrogen) atoms. The molecule has 0 bridgehead atoms. The van der Waals surface area contributed by atoms with E-state index in [9.17, 15) is 0 Å². The van der Waals surface area contributed by atoms with E-state index in [1.165, 1.54) is 43.2 Å². The molecule has 1 aromatic carbocycles. The van der Waals surface area contributed by atoms with Crippen LogP contribution in [0.1, 0.15) is 63.1 Å². The Morgan fingerprint density at radius 3 is 2.50 bits per heavy atom. The lowest BCUT2D eigenvalue weighted by atomic mass is 9.97. The zero-order valence-electron chi connectivity index (χ0n) is 12.1. The van der Waals surface area contributed by atoms with Crippen LogP contribution < -0.4 is 5.32 Å². The van der Waals surface area contributed by atoms with Gasteiger partial charge in [-0.2, -0.15) is 0 Å². The van der Waals surface area contributed by atoms with Gasteiger partial charge < -0.3 is 5.32 Å². The van der Waals surface area contributed by atoms with Gasteiger partial charge in [-0.05, 0) is 37.7 Å². The zero-order chi connectivity index (χ0) is 13.0. The molecule has 0 saturated heterocycles. The van der Waals surface area contributed by atoms with Gasteiger partial charge in [-0.15, -0.1) is 0 Å². The maximum absolute atomic E-state index is 3.90. The summed E-state index contributed by atoms with van der Waals surface area (Å²) in [4.78, 5) is 0. The van der Waals surface area contributed by atoms with Gasteiger partial charge in [0.2, 0.25) is 0 Å². The standard InChI is InChI=1S/C17H27N/c1-4-14-7-6-8-17(14)18-16(5-2)15-11-9-13(3)10-12-15/h9-12,14,16-18H,4-8H2,1-3H3. The molecule has 0 heterocycles. The lowest BCUT2D eigenvalue weighted by Gasteiger charge is -2.26. The first-order valence-electron chi connectivity index (χ1n) is 7.57. The minimum atomic E-state index is 0.530. The van der Waals surface area contributed by atoms with Crippen molar-refractivity contribution >= 4 is 0 Å². The quantitative estimate of drug-likeness (QED) is 0.798. The van der Waals surface area contributed by atoms with E-state index in [1.807, 2.05) is 0 Å². The van der Waals surface area contributed by atoms with E-state index in [4.69, 9.17) is 0 Å².